The Bertz CT molecular complexity index is 626. The van der Waals surface area contributed by atoms with E-state index < -0.39 is 22.7 Å². The molecule has 0 saturated carbocycles. The molecular formula is C16H13ClO4. The monoisotopic (exact) mass is 304 g/mol. The van der Waals surface area contributed by atoms with Crippen LogP contribution in [0.2, 0.25) is 0 Å². The highest BCUT2D eigenvalue weighted by molar-refractivity contribution is 6.27. The standard InChI is InChI=1S/C16H13ClO4/c17-13(11-7-3-1-4-8-11)16(14(18)19,15(20)21)12-9-5-2-6-10-12/h1-10,13H,(H,18,19)(H,20,21). The van der Waals surface area contributed by atoms with E-state index in [4.69, 9.17) is 11.6 Å². The second-order valence-electron chi connectivity index (χ2n) is 4.56. The van der Waals surface area contributed by atoms with Gasteiger partial charge in [-0.25, -0.2) is 0 Å². The summed E-state index contributed by atoms with van der Waals surface area (Å²) in [7, 11) is 0. The first-order valence-electron chi connectivity index (χ1n) is 6.22. The highest BCUT2D eigenvalue weighted by atomic mass is 35.5. The first-order valence-corrected chi connectivity index (χ1v) is 6.66. The largest absolute Gasteiger partial charge is 0.480 e. The van der Waals surface area contributed by atoms with E-state index >= 15 is 0 Å². The molecule has 0 spiro atoms. The van der Waals surface area contributed by atoms with Crippen LogP contribution in [0.25, 0.3) is 0 Å². The lowest BCUT2D eigenvalue weighted by Crippen LogP contribution is -2.47. The highest BCUT2D eigenvalue weighted by Crippen LogP contribution is 2.42. The fraction of sp³-hybridized carbons (Fsp3) is 0.125. The molecule has 21 heavy (non-hydrogen) atoms. The summed E-state index contributed by atoms with van der Waals surface area (Å²) in [4.78, 5) is 23.6. The number of hydrogen-bond acceptors (Lipinski definition) is 2. The van der Waals surface area contributed by atoms with Crippen LogP contribution in [0.3, 0.4) is 0 Å². The van der Waals surface area contributed by atoms with Gasteiger partial charge in [-0.1, -0.05) is 60.7 Å². The molecule has 1 unspecified atom stereocenters. The van der Waals surface area contributed by atoms with E-state index in [-0.39, 0.29) is 5.56 Å². The zero-order valence-electron chi connectivity index (χ0n) is 10.9. The molecular weight excluding hydrogens is 292 g/mol. The third-order valence-electron chi connectivity index (χ3n) is 3.38. The molecule has 0 aliphatic carbocycles. The Morgan fingerprint density at radius 3 is 1.71 bits per heavy atom. The van der Waals surface area contributed by atoms with Gasteiger partial charge in [-0.05, 0) is 11.1 Å². The summed E-state index contributed by atoms with van der Waals surface area (Å²) in [5.74, 6) is -2.99. The van der Waals surface area contributed by atoms with E-state index in [9.17, 15) is 19.8 Å². The van der Waals surface area contributed by atoms with Crippen molar-refractivity contribution >= 4 is 23.5 Å². The molecule has 0 fully saturated rings. The lowest BCUT2D eigenvalue weighted by Gasteiger charge is -2.30. The van der Waals surface area contributed by atoms with Gasteiger partial charge in [0.15, 0.2) is 0 Å². The Kier molecular flexibility index (Phi) is 4.29. The number of carbonyl (C=O) groups is 2. The van der Waals surface area contributed by atoms with Crippen LogP contribution in [-0.4, -0.2) is 22.2 Å². The summed E-state index contributed by atoms with van der Waals surface area (Å²) in [5, 5.41) is 18.0. The maximum absolute atomic E-state index is 11.8. The number of rotatable bonds is 5. The summed E-state index contributed by atoms with van der Waals surface area (Å²) in [6, 6.07) is 16.1. The number of hydrogen-bond donors (Lipinski definition) is 2. The van der Waals surface area contributed by atoms with Crippen LogP contribution in [0.1, 0.15) is 16.5 Å². The molecule has 0 amide bonds. The minimum Gasteiger partial charge on any atom is -0.480 e. The van der Waals surface area contributed by atoms with Crippen molar-refractivity contribution < 1.29 is 19.8 Å². The average molecular weight is 305 g/mol. The quantitative estimate of drug-likeness (QED) is 0.657. The highest BCUT2D eigenvalue weighted by Gasteiger charge is 2.54. The molecule has 0 saturated heterocycles. The van der Waals surface area contributed by atoms with Crippen LogP contribution in [0.5, 0.6) is 0 Å². The molecule has 2 N–H and O–H groups in total. The van der Waals surface area contributed by atoms with E-state index in [0.29, 0.717) is 5.56 Å². The topological polar surface area (TPSA) is 74.6 Å². The normalized spacial score (nSPS) is 12.6. The van der Waals surface area contributed by atoms with Crippen LogP contribution >= 0.6 is 11.6 Å². The molecule has 0 heterocycles. The Balaban J connectivity index is 2.67. The molecule has 0 bridgehead atoms. The molecule has 108 valence electrons. The second kappa shape index (κ2) is 5.97. The zero-order chi connectivity index (χ0) is 15.5. The molecule has 1 atom stereocenters. The third-order valence-corrected chi connectivity index (χ3v) is 3.96. The van der Waals surface area contributed by atoms with E-state index in [1.807, 2.05) is 0 Å². The van der Waals surface area contributed by atoms with Crippen LogP contribution in [-0.2, 0) is 15.0 Å². The van der Waals surface area contributed by atoms with E-state index in [0.717, 1.165) is 0 Å². The second-order valence-corrected chi connectivity index (χ2v) is 4.99. The van der Waals surface area contributed by atoms with Gasteiger partial charge in [0.05, 0.1) is 5.38 Å². The molecule has 4 nitrogen and oxygen atoms in total. The van der Waals surface area contributed by atoms with Gasteiger partial charge in [-0.3, -0.25) is 9.59 Å². The Morgan fingerprint density at radius 1 is 0.857 bits per heavy atom. The molecule has 0 aromatic heterocycles. The average Bonchev–Trinajstić information content (AvgIpc) is 2.49. The van der Waals surface area contributed by atoms with Gasteiger partial charge in [-0.15, -0.1) is 11.6 Å². The van der Waals surface area contributed by atoms with Crippen molar-refractivity contribution in [1.82, 2.24) is 0 Å². The minimum absolute atomic E-state index is 0.133. The minimum atomic E-state index is -2.25. The molecule has 0 radical (unpaired) electrons. The smallest absolute Gasteiger partial charge is 0.327 e. The molecule has 2 aromatic carbocycles. The maximum atomic E-state index is 11.8. The van der Waals surface area contributed by atoms with Gasteiger partial charge >= 0.3 is 11.9 Å². The van der Waals surface area contributed by atoms with Gasteiger partial charge < -0.3 is 10.2 Å². The van der Waals surface area contributed by atoms with Crippen LogP contribution in [0, 0.1) is 0 Å². The van der Waals surface area contributed by atoms with Crippen LogP contribution in [0.15, 0.2) is 60.7 Å². The number of aliphatic carboxylic acids is 2. The fourth-order valence-electron chi connectivity index (χ4n) is 2.27. The van der Waals surface area contributed by atoms with Crippen molar-refractivity contribution in [3.8, 4) is 0 Å². The van der Waals surface area contributed by atoms with Gasteiger partial charge in [0.1, 0.15) is 0 Å². The van der Waals surface area contributed by atoms with Crippen molar-refractivity contribution in [3.63, 3.8) is 0 Å². The predicted molar refractivity (Wildman–Crippen MR) is 78.4 cm³/mol. The van der Waals surface area contributed by atoms with E-state index in [1.54, 1.807) is 48.5 Å². The Labute approximate surface area is 126 Å². The van der Waals surface area contributed by atoms with Crippen molar-refractivity contribution in [1.29, 1.82) is 0 Å². The fourth-order valence-corrected chi connectivity index (χ4v) is 2.73. The predicted octanol–water partition coefficient (Wildman–Crippen LogP) is 3.07. The number of carboxylic acids is 2. The summed E-state index contributed by atoms with van der Waals surface area (Å²) in [6.07, 6.45) is 0. The summed E-state index contributed by atoms with van der Waals surface area (Å²) in [5.41, 5.74) is -1.67. The zero-order valence-corrected chi connectivity index (χ0v) is 11.7. The summed E-state index contributed by atoms with van der Waals surface area (Å²) >= 11 is 6.29. The molecule has 0 aliphatic heterocycles. The van der Waals surface area contributed by atoms with Crippen molar-refractivity contribution in [3.05, 3.63) is 71.8 Å². The Hall–Kier alpha value is -2.33. The van der Waals surface area contributed by atoms with Gasteiger partial charge in [0.2, 0.25) is 5.41 Å². The van der Waals surface area contributed by atoms with Crippen molar-refractivity contribution in [2.45, 2.75) is 10.8 Å². The number of alkyl halides is 1. The summed E-state index contributed by atoms with van der Waals surface area (Å²) < 4.78 is 0. The number of carboxylic acid groups (broad SMARTS) is 2. The number of benzene rings is 2. The van der Waals surface area contributed by atoms with E-state index in [1.165, 1.54) is 12.1 Å². The van der Waals surface area contributed by atoms with E-state index in [2.05, 4.69) is 0 Å². The third kappa shape index (κ3) is 2.50. The molecule has 0 aliphatic rings. The van der Waals surface area contributed by atoms with Crippen LogP contribution in [0.4, 0.5) is 0 Å². The first-order chi connectivity index (χ1) is 10.0. The van der Waals surface area contributed by atoms with Gasteiger partial charge in [0.25, 0.3) is 0 Å². The van der Waals surface area contributed by atoms with Crippen molar-refractivity contribution in [2.24, 2.45) is 0 Å². The molecule has 2 rings (SSSR count). The lowest BCUT2D eigenvalue weighted by molar-refractivity contribution is -0.158. The number of halogens is 1. The maximum Gasteiger partial charge on any atom is 0.327 e. The molecule has 2 aromatic rings. The summed E-state index contributed by atoms with van der Waals surface area (Å²) in [6.45, 7) is 0. The Morgan fingerprint density at radius 2 is 1.29 bits per heavy atom. The van der Waals surface area contributed by atoms with Crippen LogP contribution < -0.4 is 0 Å². The molecule has 5 heteroatoms. The lowest BCUT2D eigenvalue weighted by atomic mass is 9.75. The van der Waals surface area contributed by atoms with Gasteiger partial charge in [0, 0.05) is 0 Å². The van der Waals surface area contributed by atoms with Crippen molar-refractivity contribution in [2.75, 3.05) is 0 Å². The van der Waals surface area contributed by atoms with Gasteiger partial charge in [-0.2, -0.15) is 0 Å². The SMILES string of the molecule is O=C(O)C(C(=O)O)(c1ccccc1)C(Cl)c1ccccc1. The first kappa shape index (κ1) is 15.1.